The second kappa shape index (κ2) is 7.31. The monoisotopic (exact) mass is 354 g/mol. The van der Waals surface area contributed by atoms with Gasteiger partial charge in [0.25, 0.3) is 0 Å². The number of carboxylic acid groups (broad SMARTS) is 1. The molecule has 0 atom stereocenters. The second-order valence-electron chi connectivity index (χ2n) is 6.10. The van der Waals surface area contributed by atoms with Crippen LogP contribution in [0.3, 0.4) is 0 Å². The summed E-state index contributed by atoms with van der Waals surface area (Å²) in [5, 5.41) is 16.9. The quantitative estimate of drug-likeness (QED) is 0.742. The number of primary sulfonamides is 1. The number of benzene rings is 1. The van der Waals surface area contributed by atoms with E-state index in [0.29, 0.717) is 43.4 Å². The SMILES string of the molecule is CCc1ccc(NC(=O)C2CCC(C(=O)O)CC2)cc1S(N)(=O)=O. The molecule has 0 spiro atoms. The van der Waals surface area contributed by atoms with Crippen LogP contribution in [0.4, 0.5) is 5.69 Å². The van der Waals surface area contributed by atoms with Gasteiger partial charge in [0.1, 0.15) is 0 Å². The molecule has 24 heavy (non-hydrogen) atoms. The number of carbonyl (C=O) groups is 2. The molecule has 7 nitrogen and oxygen atoms in total. The summed E-state index contributed by atoms with van der Waals surface area (Å²) in [4.78, 5) is 23.3. The van der Waals surface area contributed by atoms with Gasteiger partial charge in [0.15, 0.2) is 0 Å². The largest absolute Gasteiger partial charge is 0.481 e. The molecule has 1 fully saturated rings. The van der Waals surface area contributed by atoms with E-state index < -0.39 is 16.0 Å². The molecule has 8 heteroatoms. The van der Waals surface area contributed by atoms with E-state index in [-0.39, 0.29) is 22.6 Å². The molecule has 1 aliphatic rings. The van der Waals surface area contributed by atoms with E-state index in [1.807, 2.05) is 6.92 Å². The van der Waals surface area contributed by atoms with E-state index in [1.165, 1.54) is 6.07 Å². The van der Waals surface area contributed by atoms with Gasteiger partial charge in [-0.1, -0.05) is 13.0 Å². The van der Waals surface area contributed by atoms with Crippen LogP contribution in [0.1, 0.15) is 38.2 Å². The van der Waals surface area contributed by atoms with Crippen LogP contribution in [0.5, 0.6) is 0 Å². The summed E-state index contributed by atoms with van der Waals surface area (Å²) in [7, 11) is -3.86. The van der Waals surface area contributed by atoms with Crippen molar-refractivity contribution in [3.05, 3.63) is 23.8 Å². The van der Waals surface area contributed by atoms with Crippen LogP contribution in [0.25, 0.3) is 0 Å². The number of carboxylic acids is 1. The maximum atomic E-state index is 12.3. The zero-order chi connectivity index (χ0) is 17.9. The smallest absolute Gasteiger partial charge is 0.306 e. The fraction of sp³-hybridized carbons (Fsp3) is 0.500. The molecule has 1 saturated carbocycles. The van der Waals surface area contributed by atoms with E-state index >= 15 is 0 Å². The molecule has 0 heterocycles. The summed E-state index contributed by atoms with van der Waals surface area (Å²) in [5.41, 5.74) is 0.971. The Morgan fingerprint density at radius 1 is 1.21 bits per heavy atom. The summed E-state index contributed by atoms with van der Waals surface area (Å²) < 4.78 is 23.3. The Balaban J connectivity index is 2.09. The number of anilines is 1. The van der Waals surface area contributed by atoms with Crippen molar-refractivity contribution in [3.8, 4) is 0 Å². The molecule has 0 radical (unpaired) electrons. The van der Waals surface area contributed by atoms with Gasteiger partial charge >= 0.3 is 5.97 Å². The lowest BCUT2D eigenvalue weighted by atomic mass is 9.81. The van der Waals surface area contributed by atoms with Crippen molar-refractivity contribution >= 4 is 27.6 Å². The molecule has 132 valence electrons. The Morgan fingerprint density at radius 3 is 2.29 bits per heavy atom. The molecular formula is C16H22N2O5S. The maximum absolute atomic E-state index is 12.3. The first-order valence-electron chi connectivity index (χ1n) is 7.91. The van der Waals surface area contributed by atoms with E-state index in [0.717, 1.165) is 0 Å². The zero-order valence-corrected chi connectivity index (χ0v) is 14.3. The van der Waals surface area contributed by atoms with Gasteiger partial charge in [-0.2, -0.15) is 0 Å². The molecule has 1 aromatic carbocycles. The predicted molar refractivity (Wildman–Crippen MR) is 88.9 cm³/mol. The lowest BCUT2D eigenvalue weighted by molar-refractivity contribution is -0.143. The maximum Gasteiger partial charge on any atom is 0.306 e. The van der Waals surface area contributed by atoms with Crippen LogP contribution < -0.4 is 10.5 Å². The van der Waals surface area contributed by atoms with Crippen molar-refractivity contribution in [2.45, 2.75) is 43.9 Å². The van der Waals surface area contributed by atoms with E-state index in [1.54, 1.807) is 12.1 Å². The first-order valence-corrected chi connectivity index (χ1v) is 9.46. The Labute approximate surface area is 141 Å². The zero-order valence-electron chi connectivity index (χ0n) is 13.5. The molecular weight excluding hydrogens is 332 g/mol. The minimum atomic E-state index is -3.86. The number of nitrogens with one attached hydrogen (secondary N) is 1. The third kappa shape index (κ3) is 4.33. The number of hydrogen-bond donors (Lipinski definition) is 3. The van der Waals surface area contributed by atoms with Crippen molar-refractivity contribution in [2.75, 3.05) is 5.32 Å². The third-order valence-corrected chi connectivity index (χ3v) is 5.46. The highest BCUT2D eigenvalue weighted by molar-refractivity contribution is 7.89. The van der Waals surface area contributed by atoms with Gasteiger partial charge in [-0.25, -0.2) is 13.6 Å². The number of rotatable bonds is 5. The van der Waals surface area contributed by atoms with Crippen molar-refractivity contribution in [1.82, 2.24) is 0 Å². The van der Waals surface area contributed by atoms with Gasteiger partial charge in [-0.05, 0) is 49.8 Å². The Kier molecular flexibility index (Phi) is 5.61. The minimum Gasteiger partial charge on any atom is -0.481 e. The number of hydrogen-bond acceptors (Lipinski definition) is 4. The normalized spacial score (nSPS) is 21.2. The van der Waals surface area contributed by atoms with Crippen LogP contribution >= 0.6 is 0 Å². The van der Waals surface area contributed by atoms with Crippen LogP contribution in [-0.4, -0.2) is 25.4 Å². The third-order valence-electron chi connectivity index (χ3n) is 4.47. The van der Waals surface area contributed by atoms with Crippen molar-refractivity contribution in [1.29, 1.82) is 0 Å². The molecule has 1 aliphatic carbocycles. The number of carbonyl (C=O) groups excluding carboxylic acids is 1. The molecule has 1 amide bonds. The lowest BCUT2D eigenvalue weighted by Gasteiger charge is -2.25. The summed E-state index contributed by atoms with van der Waals surface area (Å²) in [6, 6.07) is 4.65. The fourth-order valence-electron chi connectivity index (χ4n) is 3.04. The highest BCUT2D eigenvalue weighted by atomic mass is 32.2. The highest BCUT2D eigenvalue weighted by Gasteiger charge is 2.29. The number of amides is 1. The van der Waals surface area contributed by atoms with Gasteiger partial charge in [0.2, 0.25) is 15.9 Å². The fourth-order valence-corrected chi connectivity index (χ4v) is 3.91. The van der Waals surface area contributed by atoms with E-state index in [9.17, 15) is 18.0 Å². The van der Waals surface area contributed by atoms with E-state index in [4.69, 9.17) is 10.2 Å². The molecule has 4 N–H and O–H groups in total. The van der Waals surface area contributed by atoms with Crippen LogP contribution in [0, 0.1) is 11.8 Å². The number of aryl methyl sites for hydroxylation is 1. The van der Waals surface area contributed by atoms with Crippen molar-refractivity contribution in [3.63, 3.8) is 0 Å². The Hall–Kier alpha value is -1.93. The lowest BCUT2D eigenvalue weighted by Crippen LogP contribution is -2.29. The standard InChI is InChI=1S/C16H22N2O5S/c1-2-10-7-8-13(9-14(10)24(17,22)23)18-15(19)11-3-5-12(6-4-11)16(20)21/h7-9,11-12H,2-6H2,1H3,(H,18,19)(H,20,21)(H2,17,22,23). The predicted octanol–water partition coefficient (Wildman–Crippen LogP) is 1.73. The minimum absolute atomic E-state index is 0.0115. The summed E-state index contributed by atoms with van der Waals surface area (Å²) >= 11 is 0. The average Bonchev–Trinajstić information content (AvgIpc) is 2.54. The highest BCUT2D eigenvalue weighted by Crippen LogP contribution is 2.30. The van der Waals surface area contributed by atoms with Gasteiger partial charge in [-0.15, -0.1) is 0 Å². The van der Waals surface area contributed by atoms with Crippen LogP contribution in [-0.2, 0) is 26.0 Å². The molecule has 1 aromatic rings. The topological polar surface area (TPSA) is 127 Å². The number of aliphatic carboxylic acids is 1. The molecule has 0 unspecified atom stereocenters. The van der Waals surface area contributed by atoms with Gasteiger partial charge < -0.3 is 10.4 Å². The van der Waals surface area contributed by atoms with Crippen molar-refractivity contribution in [2.24, 2.45) is 17.0 Å². The molecule has 0 aliphatic heterocycles. The average molecular weight is 354 g/mol. The van der Waals surface area contributed by atoms with Crippen molar-refractivity contribution < 1.29 is 23.1 Å². The summed E-state index contributed by atoms with van der Waals surface area (Å²) in [5.74, 6) is -1.68. The molecule has 0 aromatic heterocycles. The molecule has 2 rings (SSSR count). The Morgan fingerprint density at radius 2 is 1.79 bits per heavy atom. The second-order valence-corrected chi connectivity index (χ2v) is 7.63. The number of sulfonamides is 1. The van der Waals surface area contributed by atoms with Gasteiger partial charge in [0, 0.05) is 11.6 Å². The van der Waals surface area contributed by atoms with Crippen LogP contribution in [0.15, 0.2) is 23.1 Å². The Bertz CT molecular complexity index is 737. The first kappa shape index (κ1) is 18.4. The summed E-state index contributed by atoms with van der Waals surface area (Å²) in [6.07, 6.45) is 2.49. The first-order chi connectivity index (χ1) is 11.2. The summed E-state index contributed by atoms with van der Waals surface area (Å²) in [6.45, 7) is 1.82. The van der Waals surface area contributed by atoms with Gasteiger partial charge in [0.05, 0.1) is 10.8 Å². The molecule has 0 bridgehead atoms. The van der Waals surface area contributed by atoms with Gasteiger partial charge in [-0.3, -0.25) is 9.59 Å². The number of nitrogens with two attached hydrogens (primary N) is 1. The molecule has 0 saturated heterocycles. The van der Waals surface area contributed by atoms with Crippen LogP contribution in [0.2, 0.25) is 0 Å². The van der Waals surface area contributed by atoms with E-state index in [2.05, 4.69) is 5.32 Å².